The third kappa shape index (κ3) is 3.88. The van der Waals surface area contributed by atoms with Crippen molar-refractivity contribution in [2.24, 2.45) is 5.41 Å². The molecule has 0 saturated heterocycles. The van der Waals surface area contributed by atoms with E-state index in [2.05, 4.69) is 25.7 Å². The minimum atomic E-state index is -0.548. The number of ether oxygens (including phenoxy) is 2. The molecule has 176 valence electrons. The summed E-state index contributed by atoms with van der Waals surface area (Å²) in [6.45, 7) is 7.58. The van der Waals surface area contributed by atoms with Gasteiger partial charge in [-0.3, -0.25) is 4.79 Å². The SMILES string of the molecule is CC(C)(C)C1Cc2cc(CC(=O)C3(c4ccc5c(c4)OCO5)CC3)c(F)cc2N1CCCO. The average Bonchev–Trinajstić information content (AvgIpc) is 3.31. The molecule has 1 unspecified atom stereocenters. The van der Waals surface area contributed by atoms with Gasteiger partial charge in [0.15, 0.2) is 11.5 Å². The summed E-state index contributed by atoms with van der Waals surface area (Å²) in [6.07, 6.45) is 3.10. The number of aliphatic hydroxyl groups excluding tert-OH is 1. The molecule has 2 heterocycles. The number of carbonyl (C=O) groups is 1. The summed E-state index contributed by atoms with van der Waals surface area (Å²) in [4.78, 5) is 15.6. The molecule has 1 atom stereocenters. The number of fused-ring (bicyclic) bond motifs is 2. The van der Waals surface area contributed by atoms with Crippen molar-refractivity contribution in [3.05, 3.63) is 52.8 Å². The van der Waals surface area contributed by atoms with Crippen LogP contribution in [0.25, 0.3) is 0 Å². The van der Waals surface area contributed by atoms with Gasteiger partial charge in [-0.25, -0.2) is 4.39 Å². The Balaban J connectivity index is 1.40. The standard InChI is InChI=1S/C27H32FNO4/c1-26(2,3)24-12-18-11-17(20(28)15-21(18)29(24)9-4-10-30)13-25(31)27(7-8-27)19-5-6-22-23(14-19)33-16-32-22/h5-6,11,14-15,24,30H,4,7-10,12-13,16H2,1-3H3. The molecule has 1 aliphatic carbocycles. The van der Waals surface area contributed by atoms with Gasteiger partial charge < -0.3 is 19.5 Å². The lowest BCUT2D eigenvalue weighted by atomic mass is 9.84. The third-order valence-electron chi connectivity index (χ3n) is 7.46. The number of anilines is 1. The number of carbonyl (C=O) groups excluding carboxylic acids is 1. The lowest BCUT2D eigenvalue weighted by Gasteiger charge is -2.37. The minimum absolute atomic E-state index is 0.0123. The topological polar surface area (TPSA) is 59.0 Å². The Hall–Kier alpha value is -2.60. The van der Waals surface area contributed by atoms with Gasteiger partial charge in [-0.1, -0.05) is 32.9 Å². The highest BCUT2D eigenvalue weighted by Crippen LogP contribution is 2.52. The first-order chi connectivity index (χ1) is 15.7. The van der Waals surface area contributed by atoms with Gasteiger partial charge in [0.25, 0.3) is 0 Å². The highest BCUT2D eigenvalue weighted by atomic mass is 19.1. The van der Waals surface area contributed by atoms with E-state index in [1.165, 1.54) is 0 Å². The quantitative estimate of drug-likeness (QED) is 0.666. The van der Waals surface area contributed by atoms with Crippen LogP contribution < -0.4 is 14.4 Å². The summed E-state index contributed by atoms with van der Waals surface area (Å²) in [5.41, 5.74) is 2.86. The summed E-state index contributed by atoms with van der Waals surface area (Å²) in [7, 11) is 0. The molecule has 1 saturated carbocycles. The van der Waals surface area contributed by atoms with E-state index >= 15 is 4.39 Å². The molecule has 0 radical (unpaired) electrons. The van der Waals surface area contributed by atoms with Crippen LogP contribution in [0.4, 0.5) is 10.1 Å². The highest BCUT2D eigenvalue weighted by Gasteiger charge is 2.51. The minimum Gasteiger partial charge on any atom is -0.454 e. The van der Waals surface area contributed by atoms with Gasteiger partial charge in [-0.2, -0.15) is 0 Å². The van der Waals surface area contributed by atoms with Crippen molar-refractivity contribution in [2.75, 3.05) is 24.8 Å². The lowest BCUT2D eigenvalue weighted by Crippen LogP contribution is -2.42. The van der Waals surface area contributed by atoms with Gasteiger partial charge in [-0.05, 0) is 66.0 Å². The van der Waals surface area contributed by atoms with E-state index in [1.807, 2.05) is 24.3 Å². The van der Waals surface area contributed by atoms with Crippen molar-refractivity contribution in [3.8, 4) is 11.5 Å². The van der Waals surface area contributed by atoms with Crippen LogP contribution in [0.2, 0.25) is 0 Å². The lowest BCUT2D eigenvalue weighted by molar-refractivity contribution is -0.120. The van der Waals surface area contributed by atoms with Gasteiger partial charge in [0, 0.05) is 31.3 Å². The van der Waals surface area contributed by atoms with E-state index in [4.69, 9.17) is 9.47 Å². The van der Waals surface area contributed by atoms with Crippen molar-refractivity contribution >= 4 is 11.5 Å². The first-order valence-corrected chi connectivity index (χ1v) is 11.9. The maximum atomic E-state index is 15.3. The molecule has 2 aromatic rings. The van der Waals surface area contributed by atoms with Crippen LogP contribution in [0.15, 0.2) is 30.3 Å². The van der Waals surface area contributed by atoms with Crippen LogP contribution in [0.1, 0.15) is 56.7 Å². The van der Waals surface area contributed by atoms with Gasteiger partial charge in [0.1, 0.15) is 11.6 Å². The molecule has 5 rings (SSSR count). The summed E-state index contributed by atoms with van der Waals surface area (Å²) in [5.74, 6) is 1.10. The van der Waals surface area contributed by atoms with Crippen molar-refractivity contribution in [1.29, 1.82) is 0 Å². The first kappa shape index (κ1) is 22.2. The molecule has 33 heavy (non-hydrogen) atoms. The van der Waals surface area contributed by atoms with E-state index in [0.717, 1.165) is 36.1 Å². The molecule has 2 aromatic carbocycles. The Morgan fingerprint density at radius 3 is 2.64 bits per heavy atom. The van der Waals surface area contributed by atoms with Crippen molar-refractivity contribution in [3.63, 3.8) is 0 Å². The van der Waals surface area contributed by atoms with Crippen LogP contribution >= 0.6 is 0 Å². The second kappa shape index (κ2) is 8.01. The first-order valence-electron chi connectivity index (χ1n) is 11.9. The molecule has 2 aliphatic heterocycles. The predicted molar refractivity (Wildman–Crippen MR) is 125 cm³/mol. The van der Waals surface area contributed by atoms with Crippen LogP contribution in [-0.2, 0) is 23.1 Å². The fraction of sp³-hybridized carbons (Fsp3) is 0.519. The molecule has 1 fully saturated rings. The fourth-order valence-corrected chi connectivity index (χ4v) is 5.39. The summed E-state index contributed by atoms with van der Waals surface area (Å²) < 4.78 is 26.1. The molecular weight excluding hydrogens is 421 g/mol. The molecule has 0 spiro atoms. The van der Waals surface area contributed by atoms with Crippen molar-refractivity contribution in [2.45, 2.75) is 64.3 Å². The Kier molecular flexibility index (Phi) is 5.39. The summed E-state index contributed by atoms with van der Waals surface area (Å²) in [5, 5.41) is 9.34. The maximum Gasteiger partial charge on any atom is 0.231 e. The van der Waals surface area contributed by atoms with E-state index in [9.17, 15) is 9.90 Å². The number of benzene rings is 2. The second-order valence-electron chi connectivity index (χ2n) is 10.7. The van der Waals surface area contributed by atoms with Crippen molar-refractivity contribution in [1.82, 2.24) is 0 Å². The smallest absolute Gasteiger partial charge is 0.231 e. The molecular formula is C27H32FNO4. The van der Waals surface area contributed by atoms with Crippen LogP contribution in [0, 0.1) is 11.2 Å². The van der Waals surface area contributed by atoms with E-state index in [-0.39, 0.29) is 42.9 Å². The number of Topliss-reactive ketones (excluding diaryl/α,β-unsaturated/α-hetero) is 1. The summed E-state index contributed by atoms with van der Waals surface area (Å²) >= 11 is 0. The monoisotopic (exact) mass is 453 g/mol. The maximum absolute atomic E-state index is 15.3. The van der Waals surface area contributed by atoms with Gasteiger partial charge in [-0.15, -0.1) is 0 Å². The van der Waals surface area contributed by atoms with Crippen LogP contribution in [0.5, 0.6) is 11.5 Å². The molecule has 3 aliphatic rings. The van der Waals surface area contributed by atoms with Crippen molar-refractivity contribution < 1.29 is 23.8 Å². The number of nitrogens with zero attached hydrogens (tertiary/aromatic N) is 1. The van der Waals surface area contributed by atoms with E-state index in [0.29, 0.717) is 30.0 Å². The third-order valence-corrected chi connectivity index (χ3v) is 7.46. The fourth-order valence-electron chi connectivity index (χ4n) is 5.39. The second-order valence-corrected chi connectivity index (χ2v) is 10.7. The molecule has 1 N–H and O–H groups in total. The Morgan fingerprint density at radius 2 is 1.94 bits per heavy atom. The number of hydrogen-bond donors (Lipinski definition) is 1. The average molecular weight is 454 g/mol. The Bertz CT molecular complexity index is 1090. The summed E-state index contributed by atoms with van der Waals surface area (Å²) in [6, 6.07) is 9.42. The van der Waals surface area contributed by atoms with Gasteiger partial charge in [0.2, 0.25) is 6.79 Å². The zero-order valence-electron chi connectivity index (χ0n) is 19.6. The predicted octanol–water partition coefficient (Wildman–Crippen LogP) is 4.56. The molecule has 0 bridgehead atoms. The number of ketones is 1. The number of aliphatic hydroxyl groups is 1. The Labute approximate surface area is 194 Å². The van der Waals surface area contributed by atoms with Crippen LogP contribution in [-0.4, -0.2) is 36.9 Å². The molecule has 6 heteroatoms. The van der Waals surface area contributed by atoms with E-state index < -0.39 is 5.41 Å². The normalized spacial score (nSPS) is 20.2. The number of rotatable bonds is 7. The van der Waals surface area contributed by atoms with Gasteiger partial charge >= 0.3 is 0 Å². The zero-order valence-corrected chi connectivity index (χ0v) is 19.6. The molecule has 0 aromatic heterocycles. The number of halogens is 1. The van der Waals surface area contributed by atoms with Gasteiger partial charge in [0.05, 0.1) is 5.41 Å². The zero-order chi connectivity index (χ0) is 23.4. The van der Waals surface area contributed by atoms with E-state index in [1.54, 1.807) is 6.07 Å². The number of hydrogen-bond acceptors (Lipinski definition) is 5. The molecule has 0 amide bonds. The molecule has 5 nitrogen and oxygen atoms in total. The Morgan fingerprint density at radius 1 is 1.18 bits per heavy atom. The van der Waals surface area contributed by atoms with Crippen LogP contribution in [0.3, 0.4) is 0 Å². The largest absolute Gasteiger partial charge is 0.454 e. The highest BCUT2D eigenvalue weighted by molar-refractivity contribution is 5.95.